The van der Waals surface area contributed by atoms with E-state index >= 15 is 0 Å². The van der Waals surface area contributed by atoms with Gasteiger partial charge >= 0.3 is 0 Å². The molecule has 1 heterocycles. The van der Waals surface area contributed by atoms with Crippen molar-refractivity contribution in [2.75, 3.05) is 19.2 Å². The van der Waals surface area contributed by atoms with Crippen molar-refractivity contribution in [1.29, 1.82) is 0 Å². The van der Waals surface area contributed by atoms with Crippen LogP contribution in [-0.4, -0.2) is 19.9 Å². The van der Waals surface area contributed by atoms with Crippen LogP contribution in [0.25, 0.3) is 6.08 Å². The van der Waals surface area contributed by atoms with Crippen molar-refractivity contribution in [3.8, 4) is 11.5 Å². The third-order valence-electron chi connectivity index (χ3n) is 5.11. The lowest BCUT2D eigenvalue weighted by Crippen LogP contribution is -2.19. The predicted octanol–water partition coefficient (Wildman–Crippen LogP) is 6.38. The van der Waals surface area contributed by atoms with Crippen molar-refractivity contribution in [1.82, 2.24) is 0 Å². The van der Waals surface area contributed by atoms with E-state index in [1.54, 1.807) is 14.2 Å². The number of rotatable bonds is 6. The van der Waals surface area contributed by atoms with Gasteiger partial charge in [0.05, 0.1) is 31.7 Å². The van der Waals surface area contributed by atoms with Crippen LogP contribution in [0, 0.1) is 0 Å². The maximum absolute atomic E-state index is 6.09. The van der Waals surface area contributed by atoms with Crippen LogP contribution in [-0.2, 0) is 0 Å². The Hall–Kier alpha value is -3.24. The molecule has 152 valence electrons. The highest BCUT2D eigenvalue weighted by Crippen LogP contribution is 2.39. The number of hydrogen-bond donors (Lipinski definition) is 0. The Kier molecular flexibility index (Phi) is 6.05. The van der Waals surface area contributed by atoms with E-state index in [2.05, 4.69) is 18.2 Å². The van der Waals surface area contributed by atoms with E-state index in [1.807, 2.05) is 71.7 Å². The number of hydrogen-bond acceptors (Lipinski definition) is 4. The first kappa shape index (κ1) is 20.0. The topological polar surface area (TPSA) is 34.1 Å². The van der Waals surface area contributed by atoms with Gasteiger partial charge in [-0.2, -0.15) is 5.10 Å². The highest BCUT2D eigenvalue weighted by molar-refractivity contribution is 6.30. The molecule has 1 aliphatic rings. The van der Waals surface area contributed by atoms with Crippen LogP contribution in [0.15, 0.2) is 84.0 Å². The van der Waals surface area contributed by atoms with Crippen LogP contribution < -0.4 is 14.5 Å². The zero-order valence-electron chi connectivity index (χ0n) is 17.0. The first-order valence-electron chi connectivity index (χ1n) is 9.75. The van der Waals surface area contributed by atoms with Gasteiger partial charge in [-0.1, -0.05) is 48.0 Å². The molecule has 0 spiro atoms. The molecule has 4 rings (SSSR count). The zero-order chi connectivity index (χ0) is 20.9. The maximum atomic E-state index is 6.09. The zero-order valence-corrected chi connectivity index (χ0v) is 17.7. The Balaban J connectivity index is 1.65. The highest BCUT2D eigenvalue weighted by Gasteiger charge is 2.30. The van der Waals surface area contributed by atoms with Crippen LogP contribution in [0.5, 0.6) is 11.5 Å². The number of nitrogens with zero attached hydrogens (tertiary/aromatic N) is 2. The Morgan fingerprint density at radius 3 is 2.33 bits per heavy atom. The van der Waals surface area contributed by atoms with Gasteiger partial charge in [-0.3, -0.25) is 5.01 Å². The van der Waals surface area contributed by atoms with Crippen LogP contribution in [0.4, 0.5) is 5.69 Å². The minimum Gasteiger partial charge on any atom is -0.497 e. The number of anilines is 1. The van der Waals surface area contributed by atoms with Gasteiger partial charge in [-0.05, 0) is 54.1 Å². The molecule has 4 nitrogen and oxygen atoms in total. The monoisotopic (exact) mass is 418 g/mol. The van der Waals surface area contributed by atoms with E-state index in [1.165, 1.54) is 0 Å². The summed E-state index contributed by atoms with van der Waals surface area (Å²) in [4.78, 5) is 0. The number of allylic oxidation sites excluding steroid dienone is 1. The lowest BCUT2D eigenvalue weighted by molar-refractivity contribution is 0.405. The van der Waals surface area contributed by atoms with Crippen LogP contribution in [0.1, 0.15) is 23.6 Å². The lowest BCUT2D eigenvalue weighted by Gasteiger charge is -2.25. The van der Waals surface area contributed by atoms with E-state index in [4.69, 9.17) is 26.2 Å². The minimum atomic E-state index is 0.0397. The molecule has 0 saturated heterocycles. The van der Waals surface area contributed by atoms with Gasteiger partial charge in [0, 0.05) is 17.0 Å². The second kappa shape index (κ2) is 9.06. The summed E-state index contributed by atoms with van der Waals surface area (Å²) in [6.07, 6.45) is 4.92. The molecule has 0 bridgehead atoms. The number of halogens is 1. The van der Waals surface area contributed by atoms with Crippen LogP contribution >= 0.6 is 11.6 Å². The molecule has 3 aromatic carbocycles. The first-order valence-corrected chi connectivity index (χ1v) is 10.1. The van der Waals surface area contributed by atoms with Crippen molar-refractivity contribution in [3.05, 3.63) is 95.0 Å². The van der Waals surface area contributed by atoms with Gasteiger partial charge in [0.1, 0.15) is 11.5 Å². The summed E-state index contributed by atoms with van der Waals surface area (Å²) in [7, 11) is 3.37. The third kappa shape index (κ3) is 4.34. The molecule has 0 unspecified atom stereocenters. The Bertz CT molecular complexity index is 1060. The smallest absolute Gasteiger partial charge is 0.124 e. The van der Waals surface area contributed by atoms with Crippen molar-refractivity contribution in [3.63, 3.8) is 0 Å². The maximum Gasteiger partial charge on any atom is 0.124 e. The fourth-order valence-electron chi connectivity index (χ4n) is 3.56. The van der Waals surface area contributed by atoms with Gasteiger partial charge in [0.2, 0.25) is 0 Å². The Morgan fingerprint density at radius 1 is 0.900 bits per heavy atom. The normalized spacial score (nSPS) is 16.0. The second-order valence-corrected chi connectivity index (χ2v) is 7.42. The minimum absolute atomic E-state index is 0.0397. The summed E-state index contributed by atoms with van der Waals surface area (Å²) < 4.78 is 10.8. The third-order valence-corrected chi connectivity index (χ3v) is 5.36. The Morgan fingerprint density at radius 2 is 1.63 bits per heavy atom. The average molecular weight is 419 g/mol. The quantitative estimate of drug-likeness (QED) is 0.466. The van der Waals surface area contributed by atoms with E-state index < -0.39 is 0 Å². The van der Waals surface area contributed by atoms with Gasteiger partial charge in [-0.15, -0.1) is 0 Å². The molecule has 30 heavy (non-hydrogen) atoms. The molecule has 0 amide bonds. The lowest BCUT2D eigenvalue weighted by atomic mass is 10.00. The molecule has 0 aliphatic carbocycles. The number of methoxy groups -OCH3 is 2. The standard InChI is InChI=1S/C25H23ClN2O2/c1-29-22-15-8-18(9-16-22)7-12-20-17-24(23-5-3-4-6-25(23)30-2)28(27-20)21-13-10-19(26)11-14-21/h3-16,24H,17H2,1-2H3/b12-7-/t24-/m0/s1. The summed E-state index contributed by atoms with van der Waals surface area (Å²) in [6, 6.07) is 23.8. The highest BCUT2D eigenvalue weighted by atomic mass is 35.5. The number of hydrazone groups is 1. The molecule has 1 aliphatic heterocycles. The molecular weight excluding hydrogens is 396 g/mol. The first-order chi connectivity index (χ1) is 14.7. The van der Waals surface area contributed by atoms with Gasteiger partial charge in [0.15, 0.2) is 0 Å². The molecule has 0 fully saturated rings. The fraction of sp³-hybridized carbons (Fsp3) is 0.160. The van der Waals surface area contributed by atoms with Crippen LogP contribution in [0.3, 0.4) is 0 Å². The summed E-state index contributed by atoms with van der Waals surface area (Å²) in [6.45, 7) is 0. The molecule has 5 heteroatoms. The van der Waals surface area contributed by atoms with Crippen molar-refractivity contribution in [2.24, 2.45) is 5.10 Å². The van der Waals surface area contributed by atoms with Crippen molar-refractivity contribution < 1.29 is 9.47 Å². The fourth-order valence-corrected chi connectivity index (χ4v) is 3.68. The van der Waals surface area contributed by atoms with Gasteiger partial charge in [0.25, 0.3) is 0 Å². The second-order valence-electron chi connectivity index (χ2n) is 6.98. The Labute approximate surface area is 182 Å². The summed E-state index contributed by atoms with van der Waals surface area (Å²) in [5, 5.41) is 7.66. The number of para-hydroxylation sites is 1. The molecule has 0 radical (unpaired) electrons. The van der Waals surface area contributed by atoms with E-state index in [-0.39, 0.29) is 6.04 Å². The van der Waals surface area contributed by atoms with Gasteiger partial charge in [-0.25, -0.2) is 0 Å². The molecule has 0 N–H and O–H groups in total. The SMILES string of the molecule is COc1ccc(/C=C\C2=NN(c3ccc(Cl)cc3)[C@H](c3ccccc3OC)C2)cc1. The molecule has 1 atom stereocenters. The van der Waals surface area contributed by atoms with E-state index in [0.717, 1.165) is 40.4 Å². The average Bonchev–Trinajstić information content (AvgIpc) is 3.22. The summed E-state index contributed by atoms with van der Waals surface area (Å²) >= 11 is 6.09. The van der Waals surface area contributed by atoms with E-state index in [0.29, 0.717) is 5.02 Å². The predicted molar refractivity (Wildman–Crippen MR) is 124 cm³/mol. The largest absolute Gasteiger partial charge is 0.497 e. The molecule has 3 aromatic rings. The number of benzene rings is 3. The van der Waals surface area contributed by atoms with Gasteiger partial charge < -0.3 is 9.47 Å². The summed E-state index contributed by atoms with van der Waals surface area (Å²) in [5.74, 6) is 1.70. The molecule has 0 saturated carbocycles. The van der Waals surface area contributed by atoms with Crippen molar-refractivity contribution >= 4 is 29.1 Å². The van der Waals surface area contributed by atoms with Crippen LogP contribution in [0.2, 0.25) is 5.02 Å². The van der Waals surface area contributed by atoms with Crippen molar-refractivity contribution in [2.45, 2.75) is 12.5 Å². The number of ether oxygens (including phenoxy) is 2. The van der Waals surface area contributed by atoms with E-state index in [9.17, 15) is 0 Å². The summed E-state index contributed by atoms with van der Waals surface area (Å²) in [5.41, 5.74) is 4.18. The molecular formula is C25H23ClN2O2. The molecule has 0 aromatic heterocycles.